The van der Waals surface area contributed by atoms with Gasteiger partial charge in [0.15, 0.2) is 0 Å². The van der Waals surface area contributed by atoms with Crippen LogP contribution in [0, 0.1) is 5.92 Å². The minimum Gasteiger partial charge on any atom is -0.387 e. The molecule has 40 heavy (non-hydrogen) atoms. The number of anilines is 2. The van der Waals surface area contributed by atoms with Gasteiger partial charge in [-0.25, -0.2) is 4.90 Å². The Morgan fingerprint density at radius 3 is 2.67 bits per heavy atom. The quantitative estimate of drug-likeness (QED) is 0.223. The zero-order valence-electron chi connectivity index (χ0n) is 24.5. The number of ether oxygens (including phenoxy) is 1. The highest BCUT2D eigenvalue weighted by Gasteiger charge is 2.52. The van der Waals surface area contributed by atoms with Crippen molar-refractivity contribution < 1.29 is 14.9 Å². The average Bonchev–Trinajstić information content (AvgIpc) is 3.57. The van der Waals surface area contributed by atoms with Crippen molar-refractivity contribution in [3.05, 3.63) is 23.8 Å². The van der Waals surface area contributed by atoms with Crippen LogP contribution < -0.4 is 31.9 Å². The molecule has 11 heteroatoms. The first-order chi connectivity index (χ1) is 19.2. The highest BCUT2D eigenvalue weighted by Crippen LogP contribution is 2.40. The van der Waals surface area contributed by atoms with Crippen LogP contribution in [0.25, 0.3) is 0 Å². The van der Waals surface area contributed by atoms with E-state index in [2.05, 4.69) is 82.0 Å². The lowest BCUT2D eigenvalue weighted by atomic mass is 9.76. The molecule has 1 aromatic carbocycles. The summed E-state index contributed by atoms with van der Waals surface area (Å²) < 4.78 is 6.38. The number of aliphatic hydroxyl groups is 2. The van der Waals surface area contributed by atoms with Crippen LogP contribution in [-0.4, -0.2) is 108 Å². The standard InChI is InChI=1S/C29H50N8O3/c1-5-17-6-8-20-21(12-17)35(4)23(34-20)9-7-18-10-19(11-18)36(16(2)3)13-22-25(38)26(39)29(40-22)37-15-33-24-27(30)31-14-32-28(24)37/h6,8,12,16,18-19,22-29,31-34,38-39H,5,7,9-11,13-15,30H2,1-4H3/t18-,19-,22-,23?,24?,25-,26-,27?,28?,29-/m1/s1. The van der Waals surface area contributed by atoms with Crippen molar-refractivity contribution in [2.45, 2.75) is 114 Å². The van der Waals surface area contributed by atoms with E-state index in [1.165, 1.54) is 36.2 Å². The van der Waals surface area contributed by atoms with Crippen LogP contribution in [0.15, 0.2) is 18.2 Å². The van der Waals surface area contributed by atoms with E-state index in [0.29, 0.717) is 44.0 Å². The van der Waals surface area contributed by atoms with E-state index >= 15 is 0 Å². The van der Waals surface area contributed by atoms with E-state index in [1.807, 2.05) is 0 Å². The predicted molar refractivity (Wildman–Crippen MR) is 156 cm³/mol. The number of hydrogen-bond donors (Lipinski definition) is 7. The number of nitrogens with two attached hydrogens (primary N) is 1. The molecule has 5 aliphatic rings. The van der Waals surface area contributed by atoms with E-state index < -0.39 is 24.5 Å². The van der Waals surface area contributed by atoms with Gasteiger partial charge in [-0.15, -0.1) is 0 Å². The van der Waals surface area contributed by atoms with Crippen LogP contribution in [0.2, 0.25) is 0 Å². The molecule has 1 aliphatic carbocycles. The Bertz CT molecular complexity index is 1020. The molecule has 3 saturated heterocycles. The van der Waals surface area contributed by atoms with Crippen LogP contribution in [0.4, 0.5) is 11.4 Å². The van der Waals surface area contributed by atoms with Crippen LogP contribution in [-0.2, 0) is 11.2 Å². The molecule has 4 aliphatic heterocycles. The third kappa shape index (κ3) is 5.25. The van der Waals surface area contributed by atoms with Crippen molar-refractivity contribution in [2.24, 2.45) is 11.7 Å². The number of rotatable bonds is 9. The van der Waals surface area contributed by atoms with Crippen molar-refractivity contribution in [3.63, 3.8) is 0 Å². The van der Waals surface area contributed by atoms with Gasteiger partial charge in [-0.05, 0) is 69.6 Å². The van der Waals surface area contributed by atoms with Gasteiger partial charge in [-0.3, -0.25) is 20.9 Å². The van der Waals surface area contributed by atoms with Crippen molar-refractivity contribution in [2.75, 3.05) is 37.1 Å². The first-order valence-electron chi connectivity index (χ1n) is 15.4. The summed E-state index contributed by atoms with van der Waals surface area (Å²) in [6.07, 6.45) is 2.98. The van der Waals surface area contributed by atoms with E-state index in [4.69, 9.17) is 10.5 Å². The molecule has 0 radical (unpaired) electrons. The SMILES string of the molecule is CCc1ccc2c(c1)N(C)C(CC[C@H]1C[C@H](N(C[C@H]3O[C@@H](N4CNC5C(N)NCNC54)[C@H](O)[C@@H]3O)C(C)C)C1)N2. The lowest BCUT2D eigenvalue weighted by Crippen LogP contribution is -2.68. The second-order valence-electron chi connectivity index (χ2n) is 12.8. The van der Waals surface area contributed by atoms with Gasteiger partial charge < -0.3 is 30.9 Å². The van der Waals surface area contributed by atoms with Gasteiger partial charge in [0.05, 0.1) is 42.6 Å². The van der Waals surface area contributed by atoms with Gasteiger partial charge >= 0.3 is 0 Å². The summed E-state index contributed by atoms with van der Waals surface area (Å²) in [4.78, 5) is 6.94. The fraction of sp³-hybridized carbons (Fsp3) is 0.793. The van der Waals surface area contributed by atoms with Gasteiger partial charge in [0.1, 0.15) is 24.5 Å². The summed E-state index contributed by atoms with van der Waals surface area (Å²) in [7, 11) is 2.20. The minimum atomic E-state index is -0.963. The second kappa shape index (κ2) is 11.6. The second-order valence-corrected chi connectivity index (χ2v) is 12.8. The number of nitrogens with zero attached hydrogens (tertiary/aromatic N) is 3. The monoisotopic (exact) mass is 558 g/mol. The molecule has 0 spiro atoms. The maximum Gasteiger partial charge on any atom is 0.142 e. The maximum atomic E-state index is 11.0. The Morgan fingerprint density at radius 2 is 1.93 bits per heavy atom. The van der Waals surface area contributed by atoms with Crippen molar-refractivity contribution in [1.29, 1.82) is 0 Å². The molecule has 224 valence electrons. The zero-order valence-corrected chi connectivity index (χ0v) is 24.5. The summed E-state index contributed by atoms with van der Waals surface area (Å²) in [5.74, 6) is 0.715. The molecule has 4 unspecified atom stereocenters. The lowest BCUT2D eigenvalue weighted by molar-refractivity contribution is -0.112. The number of fused-ring (bicyclic) bond motifs is 2. The first-order valence-corrected chi connectivity index (χ1v) is 15.4. The molecule has 1 saturated carbocycles. The zero-order chi connectivity index (χ0) is 28.1. The average molecular weight is 559 g/mol. The summed E-state index contributed by atoms with van der Waals surface area (Å²) in [6, 6.07) is 7.61. The summed E-state index contributed by atoms with van der Waals surface area (Å²) in [6.45, 7) is 8.41. The molecule has 11 nitrogen and oxygen atoms in total. The minimum absolute atomic E-state index is 0.0158. The highest BCUT2D eigenvalue weighted by atomic mass is 16.6. The van der Waals surface area contributed by atoms with Crippen LogP contribution >= 0.6 is 0 Å². The van der Waals surface area contributed by atoms with Crippen molar-refractivity contribution in [3.8, 4) is 0 Å². The Morgan fingerprint density at radius 1 is 1.12 bits per heavy atom. The molecule has 0 amide bonds. The Balaban J connectivity index is 1.000. The first kappa shape index (κ1) is 28.6. The Labute approximate surface area is 238 Å². The molecule has 1 aromatic rings. The number of benzene rings is 1. The van der Waals surface area contributed by atoms with Gasteiger partial charge in [-0.1, -0.05) is 13.0 Å². The molecule has 8 N–H and O–H groups in total. The molecule has 4 heterocycles. The highest BCUT2D eigenvalue weighted by molar-refractivity contribution is 5.76. The van der Waals surface area contributed by atoms with Crippen LogP contribution in [0.1, 0.15) is 52.0 Å². The van der Waals surface area contributed by atoms with Gasteiger partial charge in [-0.2, -0.15) is 0 Å². The summed E-state index contributed by atoms with van der Waals surface area (Å²) >= 11 is 0. The number of hydrogen-bond acceptors (Lipinski definition) is 11. The smallest absolute Gasteiger partial charge is 0.142 e. The maximum absolute atomic E-state index is 11.0. The van der Waals surface area contributed by atoms with E-state index in [0.717, 1.165) is 12.8 Å². The van der Waals surface area contributed by atoms with Gasteiger partial charge in [0.25, 0.3) is 0 Å². The Kier molecular flexibility index (Phi) is 8.30. The van der Waals surface area contributed by atoms with E-state index in [9.17, 15) is 10.2 Å². The fourth-order valence-corrected chi connectivity index (χ4v) is 7.52. The molecule has 0 bridgehead atoms. The fourth-order valence-electron chi connectivity index (χ4n) is 7.52. The molecule has 4 fully saturated rings. The number of aryl methyl sites for hydroxylation is 1. The van der Waals surface area contributed by atoms with Crippen LogP contribution in [0.3, 0.4) is 0 Å². The molecule has 8 atom stereocenters. The summed E-state index contributed by atoms with van der Waals surface area (Å²) in [5.41, 5.74) is 10.2. The lowest BCUT2D eigenvalue weighted by Gasteiger charge is -2.46. The molecular formula is C29H50N8O3. The number of aliphatic hydroxyl groups excluding tert-OH is 2. The topological polar surface area (TPSA) is 134 Å². The Hall–Kier alpha value is -1.54. The van der Waals surface area contributed by atoms with E-state index in [-0.39, 0.29) is 18.4 Å². The normalized spacial score (nSPS) is 39.5. The largest absolute Gasteiger partial charge is 0.387 e. The third-order valence-corrected chi connectivity index (χ3v) is 10.1. The summed E-state index contributed by atoms with van der Waals surface area (Å²) in [5, 5.41) is 35.8. The van der Waals surface area contributed by atoms with Crippen molar-refractivity contribution >= 4 is 11.4 Å². The van der Waals surface area contributed by atoms with E-state index in [1.54, 1.807) is 0 Å². The third-order valence-electron chi connectivity index (χ3n) is 10.1. The molecule has 0 aromatic heterocycles. The van der Waals surface area contributed by atoms with Crippen LogP contribution in [0.5, 0.6) is 0 Å². The van der Waals surface area contributed by atoms with Gasteiger partial charge in [0.2, 0.25) is 0 Å². The predicted octanol–water partition coefficient (Wildman–Crippen LogP) is 0.145. The van der Waals surface area contributed by atoms with Crippen molar-refractivity contribution in [1.82, 2.24) is 25.8 Å². The molecule has 6 rings (SSSR count). The van der Waals surface area contributed by atoms with Gasteiger partial charge in [0, 0.05) is 32.3 Å². The molecular weight excluding hydrogens is 508 g/mol. The number of nitrogens with one attached hydrogen (secondary N) is 4.